The van der Waals surface area contributed by atoms with E-state index in [-0.39, 0.29) is 11.5 Å². The molecule has 0 unspecified atom stereocenters. The number of fused-ring (bicyclic) bond motifs is 2. The Morgan fingerprint density at radius 2 is 2.11 bits per heavy atom. The number of pyridine rings is 1. The van der Waals surface area contributed by atoms with Crippen LogP contribution in [0.3, 0.4) is 0 Å². The minimum Gasteiger partial charge on any atom is -0.496 e. The fourth-order valence-corrected chi connectivity index (χ4v) is 4.36. The van der Waals surface area contributed by atoms with Crippen molar-refractivity contribution >= 4 is 11.7 Å². The van der Waals surface area contributed by atoms with E-state index in [1.165, 1.54) is 11.1 Å². The van der Waals surface area contributed by atoms with Gasteiger partial charge in [0.1, 0.15) is 17.2 Å². The maximum Gasteiger partial charge on any atom is 0.252 e. The Labute approximate surface area is 165 Å². The van der Waals surface area contributed by atoms with Gasteiger partial charge in [0.25, 0.3) is 5.91 Å². The largest absolute Gasteiger partial charge is 0.496 e. The minimum absolute atomic E-state index is 0.0848. The van der Waals surface area contributed by atoms with Gasteiger partial charge in [-0.3, -0.25) is 4.79 Å². The van der Waals surface area contributed by atoms with Crippen molar-refractivity contribution in [3.05, 3.63) is 53.2 Å². The molecule has 0 aliphatic carbocycles. The number of hydrogen-bond donors (Lipinski definition) is 1. The number of amides is 1. The van der Waals surface area contributed by atoms with Crippen LogP contribution in [0.4, 0.5) is 5.82 Å². The lowest BCUT2D eigenvalue weighted by molar-refractivity contribution is -0.0780. The molecule has 6 nitrogen and oxygen atoms in total. The van der Waals surface area contributed by atoms with Crippen LogP contribution >= 0.6 is 0 Å². The predicted octanol–water partition coefficient (Wildman–Crippen LogP) is 2.91. The molecule has 1 fully saturated rings. The van der Waals surface area contributed by atoms with E-state index in [4.69, 9.17) is 9.47 Å². The standard InChI is InChI=1S/C22H27N3O3/c1-3-23-21(26)17-7-8-19(24-15-17)25-12-10-22(11-13-25)20-16(9-14-28-22)5-4-6-18(20)27-2/h4-8,15H,3,9-14H2,1-2H3,(H,23,26). The van der Waals surface area contributed by atoms with Gasteiger partial charge in [0.15, 0.2) is 0 Å². The number of carbonyl (C=O) groups excluding carboxylic acids is 1. The monoisotopic (exact) mass is 381 g/mol. The number of piperidine rings is 1. The summed E-state index contributed by atoms with van der Waals surface area (Å²) in [4.78, 5) is 18.7. The summed E-state index contributed by atoms with van der Waals surface area (Å²) in [5.74, 6) is 1.74. The van der Waals surface area contributed by atoms with Crippen molar-refractivity contribution in [1.29, 1.82) is 0 Å². The van der Waals surface area contributed by atoms with Gasteiger partial charge in [-0.25, -0.2) is 4.98 Å². The van der Waals surface area contributed by atoms with E-state index in [2.05, 4.69) is 27.3 Å². The summed E-state index contributed by atoms with van der Waals surface area (Å²) in [6.07, 6.45) is 4.36. The number of nitrogens with one attached hydrogen (secondary N) is 1. The van der Waals surface area contributed by atoms with Crippen LogP contribution in [0.1, 0.15) is 41.3 Å². The fourth-order valence-electron chi connectivity index (χ4n) is 4.36. The van der Waals surface area contributed by atoms with Crippen molar-refractivity contribution in [2.75, 3.05) is 38.3 Å². The Bertz CT molecular complexity index is 828. The summed E-state index contributed by atoms with van der Waals surface area (Å²) in [5.41, 5.74) is 2.87. The highest BCUT2D eigenvalue weighted by Gasteiger charge is 2.43. The van der Waals surface area contributed by atoms with Crippen LogP contribution in [-0.2, 0) is 16.8 Å². The van der Waals surface area contributed by atoms with Gasteiger partial charge >= 0.3 is 0 Å². The summed E-state index contributed by atoms with van der Waals surface area (Å²) in [7, 11) is 1.73. The highest BCUT2D eigenvalue weighted by molar-refractivity contribution is 5.94. The molecule has 4 rings (SSSR count). The summed E-state index contributed by atoms with van der Waals surface area (Å²) >= 11 is 0. The van der Waals surface area contributed by atoms with Crippen LogP contribution in [0.15, 0.2) is 36.5 Å². The summed E-state index contributed by atoms with van der Waals surface area (Å²) in [5, 5.41) is 2.80. The second-order valence-corrected chi connectivity index (χ2v) is 7.34. The number of aromatic nitrogens is 1. The molecule has 0 bridgehead atoms. The number of carbonyl (C=O) groups is 1. The SMILES string of the molecule is CCNC(=O)c1ccc(N2CCC3(CC2)OCCc2cccc(OC)c23)nc1. The van der Waals surface area contributed by atoms with Gasteiger partial charge in [-0.15, -0.1) is 0 Å². The van der Waals surface area contributed by atoms with Gasteiger partial charge in [0, 0.05) is 31.4 Å². The third kappa shape index (κ3) is 3.33. The number of methoxy groups -OCH3 is 1. The molecular formula is C22H27N3O3. The average Bonchev–Trinajstić information content (AvgIpc) is 2.74. The average molecular weight is 381 g/mol. The molecule has 2 aliphatic rings. The second kappa shape index (κ2) is 7.80. The molecule has 1 spiro atoms. The van der Waals surface area contributed by atoms with Crippen LogP contribution in [0.25, 0.3) is 0 Å². The maximum atomic E-state index is 11.9. The van der Waals surface area contributed by atoms with Crippen LogP contribution in [0, 0.1) is 0 Å². The number of hydrogen-bond acceptors (Lipinski definition) is 5. The lowest BCUT2D eigenvalue weighted by atomic mass is 9.79. The Hall–Kier alpha value is -2.60. The van der Waals surface area contributed by atoms with Crippen molar-refractivity contribution in [3.8, 4) is 5.75 Å². The van der Waals surface area contributed by atoms with E-state index >= 15 is 0 Å². The van der Waals surface area contributed by atoms with Crippen molar-refractivity contribution in [2.45, 2.75) is 31.8 Å². The molecule has 1 amide bonds. The quantitative estimate of drug-likeness (QED) is 0.882. The Kier molecular flexibility index (Phi) is 5.22. The van der Waals surface area contributed by atoms with Gasteiger partial charge in [-0.1, -0.05) is 12.1 Å². The first-order valence-corrected chi connectivity index (χ1v) is 9.96. The van der Waals surface area contributed by atoms with Gasteiger partial charge < -0.3 is 19.7 Å². The van der Waals surface area contributed by atoms with Crippen LogP contribution in [0.5, 0.6) is 5.75 Å². The highest BCUT2D eigenvalue weighted by Crippen LogP contribution is 2.46. The molecule has 0 radical (unpaired) electrons. The van der Waals surface area contributed by atoms with E-state index in [1.54, 1.807) is 13.3 Å². The molecule has 148 valence electrons. The third-order valence-electron chi connectivity index (χ3n) is 5.78. The third-order valence-corrected chi connectivity index (χ3v) is 5.78. The first-order valence-electron chi connectivity index (χ1n) is 9.96. The highest BCUT2D eigenvalue weighted by atomic mass is 16.5. The van der Waals surface area contributed by atoms with E-state index in [9.17, 15) is 4.79 Å². The molecule has 3 heterocycles. The Morgan fingerprint density at radius 1 is 1.29 bits per heavy atom. The second-order valence-electron chi connectivity index (χ2n) is 7.34. The molecule has 0 saturated carbocycles. The normalized spacial score (nSPS) is 17.9. The van der Waals surface area contributed by atoms with Gasteiger partial charge in [0.05, 0.1) is 19.3 Å². The summed E-state index contributed by atoms with van der Waals surface area (Å²) in [6.45, 7) is 4.97. The molecule has 2 aliphatic heterocycles. The van der Waals surface area contributed by atoms with E-state index in [0.29, 0.717) is 12.1 Å². The topological polar surface area (TPSA) is 63.7 Å². The number of ether oxygens (including phenoxy) is 2. The van der Waals surface area contributed by atoms with Crippen LogP contribution in [0.2, 0.25) is 0 Å². The zero-order chi connectivity index (χ0) is 19.6. The lowest BCUT2D eigenvalue weighted by Crippen LogP contribution is -2.47. The van der Waals surface area contributed by atoms with Gasteiger partial charge in [0.2, 0.25) is 0 Å². The van der Waals surface area contributed by atoms with E-state index < -0.39 is 0 Å². The molecule has 2 aromatic rings. The zero-order valence-corrected chi connectivity index (χ0v) is 16.5. The van der Waals surface area contributed by atoms with Crippen molar-refractivity contribution < 1.29 is 14.3 Å². The fraction of sp³-hybridized carbons (Fsp3) is 0.455. The van der Waals surface area contributed by atoms with Crippen molar-refractivity contribution in [3.63, 3.8) is 0 Å². The van der Waals surface area contributed by atoms with Crippen molar-refractivity contribution in [2.24, 2.45) is 0 Å². The van der Waals surface area contributed by atoms with Gasteiger partial charge in [-0.2, -0.15) is 0 Å². The predicted molar refractivity (Wildman–Crippen MR) is 108 cm³/mol. The maximum absolute atomic E-state index is 11.9. The lowest BCUT2D eigenvalue weighted by Gasteiger charge is -2.45. The Morgan fingerprint density at radius 3 is 2.79 bits per heavy atom. The molecule has 28 heavy (non-hydrogen) atoms. The minimum atomic E-state index is -0.280. The zero-order valence-electron chi connectivity index (χ0n) is 16.5. The van der Waals surface area contributed by atoms with Crippen LogP contribution < -0.4 is 15.0 Å². The first-order chi connectivity index (χ1) is 13.7. The number of anilines is 1. The molecule has 1 N–H and O–H groups in total. The summed E-state index contributed by atoms with van der Waals surface area (Å²) in [6, 6.07) is 10.1. The first kappa shape index (κ1) is 18.7. The Balaban J connectivity index is 1.51. The molecule has 1 aromatic carbocycles. The van der Waals surface area contributed by atoms with Gasteiger partial charge in [-0.05, 0) is 49.9 Å². The van der Waals surface area contributed by atoms with E-state index in [0.717, 1.165) is 50.5 Å². The molecule has 6 heteroatoms. The smallest absolute Gasteiger partial charge is 0.252 e. The van der Waals surface area contributed by atoms with Crippen LogP contribution in [-0.4, -0.2) is 44.2 Å². The van der Waals surface area contributed by atoms with Crippen molar-refractivity contribution in [1.82, 2.24) is 10.3 Å². The molecule has 1 saturated heterocycles. The van der Waals surface area contributed by atoms with E-state index in [1.807, 2.05) is 25.1 Å². The molecule has 1 aromatic heterocycles. The summed E-state index contributed by atoms with van der Waals surface area (Å²) < 4.78 is 12.0. The molecule has 0 atom stereocenters. The number of nitrogens with zero attached hydrogens (tertiary/aromatic N) is 2. The molecular weight excluding hydrogens is 354 g/mol. The number of benzene rings is 1. The number of rotatable bonds is 4.